The van der Waals surface area contributed by atoms with Gasteiger partial charge in [0, 0.05) is 23.6 Å². The highest BCUT2D eigenvalue weighted by atomic mass is 16.1. The van der Waals surface area contributed by atoms with E-state index in [1.54, 1.807) is 12.1 Å². The van der Waals surface area contributed by atoms with Crippen LogP contribution in [0.5, 0.6) is 0 Å². The Morgan fingerprint density at radius 3 is 2.16 bits per heavy atom. The van der Waals surface area contributed by atoms with Crippen molar-refractivity contribution in [1.82, 2.24) is 5.32 Å². The Morgan fingerprint density at radius 2 is 1.65 bits per heavy atom. The first-order chi connectivity index (χ1) is 14.4. The number of benzene rings is 2. The molecule has 0 radical (unpaired) electrons. The van der Waals surface area contributed by atoms with Crippen LogP contribution in [-0.4, -0.2) is 24.3 Å². The first-order valence-electron chi connectivity index (χ1n) is 11.0. The molecule has 0 bridgehead atoms. The third kappa shape index (κ3) is 5.34. The van der Waals surface area contributed by atoms with Gasteiger partial charge in [0.15, 0.2) is 0 Å². The van der Waals surface area contributed by atoms with Crippen LogP contribution >= 0.6 is 0 Å². The molecule has 5 nitrogen and oxygen atoms in total. The van der Waals surface area contributed by atoms with E-state index in [2.05, 4.69) is 76.1 Å². The van der Waals surface area contributed by atoms with Crippen molar-refractivity contribution >= 4 is 17.4 Å². The lowest BCUT2D eigenvalue weighted by molar-refractivity contribution is 0.0903. The average Bonchev–Trinajstić information content (AvgIpc) is 3.53. The predicted octanol–water partition coefficient (Wildman–Crippen LogP) is 5.33. The summed E-state index contributed by atoms with van der Waals surface area (Å²) >= 11 is 0. The number of hydrogen-bond acceptors (Lipinski definition) is 3. The molecule has 3 N–H and O–H groups in total. The van der Waals surface area contributed by atoms with Crippen LogP contribution in [0.1, 0.15) is 63.4 Å². The van der Waals surface area contributed by atoms with Crippen LogP contribution in [0.2, 0.25) is 0 Å². The number of nitrogens with two attached hydrogens (primary N) is 1. The minimum atomic E-state index is -0.236. The SMILES string of the molecule is CN=C(N(N)c1cc(C(=O)NC(C)(C)C2CC2)cc(-c2ccc(C)cc2)c1)C(C)(C)C. The van der Waals surface area contributed by atoms with Crippen molar-refractivity contribution in [1.29, 1.82) is 0 Å². The number of aliphatic imine (C=N–C) groups is 1. The maximum absolute atomic E-state index is 13.2. The van der Waals surface area contributed by atoms with E-state index in [0.717, 1.165) is 22.6 Å². The van der Waals surface area contributed by atoms with E-state index in [4.69, 9.17) is 5.84 Å². The second-order valence-corrected chi connectivity index (χ2v) is 10.3. The molecule has 1 amide bonds. The van der Waals surface area contributed by atoms with Gasteiger partial charge >= 0.3 is 0 Å². The second-order valence-electron chi connectivity index (χ2n) is 10.3. The second kappa shape index (κ2) is 8.46. The van der Waals surface area contributed by atoms with Gasteiger partial charge in [-0.2, -0.15) is 0 Å². The van der Waals surface area contributed by atoms with Crippen molar-refractivity contribution < 1.29 is 4.79 Å². The van der Waals surface area contributed by atoms with Gasteiger partial charge in [-0.3, -0.25) is 14.8 Å². The predicted molar refractivity (Wildman–Crippen MR) is 130 cm³/mol. The van der Waals surface area contributed by atoms with Gasteiger partial charge in [-0.25, -0.2) is 5.84 Å². The first-order valence-corrected chi connectivity index (χ1v) is 11.0. The lowest BCUT2D eigenvalue weighted by atomic mass is 9.93. The molecular weight excluding hydrogens is 384 g/mol. The van der Waals surface area contributed by atoms with Gasteiger partial charge in [0.05, 0.1) is 5.69 Å². The van der Waals surface area contributed by atoms with Crippen LogP contribution in [0.4, 0.5) is 5.69 Å². The van der Waals surface area contributed by atoms with Crippen molar-refractivity contribution in [2.24, 2.45) is 22.2 Å². The molecule has 5 heteroatoms. The van der Waals surface area contributed by atoms with Crippen LogP contribution in [0.25, 0.3) is 11.1 Å². The van der Waals surface area contributed by atoms with Gasteiger partial charge in [-0.1, -0.05) is 50.6 Å². The number of nitrogens with zero attached hydrogens (tertiary/aromatic N) is 2. The molecule has 0 heterocycles. The van der Waals surface area contributed by atoms with Gasteiger partial charge in [0.1, 0.15) is 5.84 Å². The molecule has 0 spiro atoms. The number of amidine groups is 1. The number of nitrogens with one attached hydrogen (secondary N) is 1. The number of hydrogen-bond donors (Lipinski definition) is 2. The van der Waals surface area contributed by atoms with Gasteiger partial charge < -0.3 is 5.32 Å². The average molecular weight is 421 g/mol. The summed E-state index contributed by atoms with van der Waals surface area (Å²) in [4.78, 5) is 17.7. The minimum absolute atomic E-state index is 0.0775. The summed E-state index contributed by atoms with van der Waals surface area (Å²) < 4.78 is 0. The van der Waals surface area contributed by atoms with E-state index in [-0.39, 0.29) is 16.9 Å². The van der Waals surface area contributed by atoms with E-state index in [1.807, 2.05) is 18.2 Å². The van der Waals surface area contributed by atoms with Gasteiger partial charge in [-0.15, -0.1) is 0 Å². The third-order valence-electron chi connectivity index (χ3n) is 5.99. The molecule has 3 rings (SSSR count). The molecular formula is C26H36N4O. The first kappa shape index (κ1) is 23.0. The molecule has 0 aliphatic heterocycles. The van der Waals surface area contributed by atoms with E-state index >= 15 is 0 Å². The number of aryl methyl sites for hydroxylation is 1. The quantitative estimate of drug-likeness (QED) is 0.297. The van der Waals surface area contributed by atoms with Gasteiger partial charge in [0.2, 0.25) is 0 Å². The number of amides is 1. The Morgan fingerprint density at radius 1 is 1.03 bits per heavy atom. The molecule has 1 aliphatic rings. The Bertz CT molecular complexity index is 979. The molecule has 1 aliphatic carbocycles. The minimum Gasteiger partial charge on any atom is -0.347 e. The van der Waals surface area contributed by atoms with Gasteiger partial charge in [-0.05, 0) is 68.9 Å². The molecule has 0 aromatic heterocycles. The Labute approximate surface area is 186 Å². The van der Waals surface area contributed by atoms with E-state index in [0.29, 0.717) is 11.5 Å². The number of hydrazine groups is 1. The largest absolute Gasteiger partial charge is 0.347 e. The highest BCUT2D eigenvalue weighted by Crippen LogP contribution is 2.39. The third-order valence-corrected chi connectivity index (χ3v) is 5.99. The number of anilines is 1. The molecule has 0 atom stereocenters. The highest BCUT2D eigenvalue weighted by Gasteiger charge is 2.39. The maximum atomic E-state index is 13.2. The number of rotatable bonds is 5. The van der Waals surface area contributed by atoms with E-state index in [1.165, 1.54) is 18.4 Å². The monoisotopic (exact) mass is 420 g/mol. The maximum Gasteiger partial charge on any atom is 0.251 e. The Hall–Kier alpha value is -2.66. The molecule has 2 aromatic carbocycles. The van der Waals surface area contributed by atoms with Crippen LogP contribution in [0.15, 0.2) is 47.5 Å². The molecule has 0 unspecified atom stereocenters. The normalized spacial score (nSPS) is 15.0. The summed E-state index contributed by atoms with van der Waals surface area (Å²) in [6.07, 6.45) is 2.33. The topological polar surface area (TPSA) is 70.7 Å². The smallest absolute Gasteiger partial charge is 0.251 e. The van der Waals surface area contributed by atoms with Crippen molar-refractivity contribution in [2.75, 3.05) is 12.1 Å². The molecule has 0 saturated heterocycles. The summed E-state index contributed by atoms with van der Waals surface area (Å²) in [5.41, 5.74) is 4.07. The zero-order chi connectivity index (χ0) is 23.0. The molecule has 1 saturated carbocycles. The number of carbonyl (C=O) groups excluding carboxylic acids is 1. The van der Waals surface area contributed by atoms with E-state index in [9.17, 15) is 4.79 Å². The number of carbonyl (C=O) groups is 1. The highest BCUT2D eigenvalue weighted by molar-refractivity contribution is 6.03. The van der Waals surface area contributed by atoms with Crippen molar-refractivity contribution in [3.05, 3.63) is 53.6 Å². The summed E-state index contributed by atoms with van der Waals surface area (Å²) in [5, 5.41) is 4.83. The van der Waals surface area contributed by atoms with Crippen molar-refractivity contribution in [3.63, 3.8) is 0 Å². The fourth-order valence-electron chi connectivity index (χ4n) is 3.99. The van der Waals surface area contributed by atoms with Crippen molar-refractivity contribution in [2.45, 2.75) is 59.9 Å². The molecule has 31 heavy (non-hydrogen) atoms. The fourth-order valence-corrected chi connectivity index (χ4v) is 3.99. The summed E-state index contributed by atoms with van der Waals surface area (Å²) in [7, 11) is 1.75. The Kier molecular flexibility index (Phi) is 6.28. The van der Waals surface area contributed by atoms with Crippen LogP contribution in [-0.2, 0) is 0 Å². The molecule has 2 aromatic rings. The fraction of sp³-hybridized carbons (Fsp3) is 0.462. The lowest BCUT2D eigenvalue weighted by Gasteiger charge is -2.31. The van der Waals surface area contributed by atoms with E-state index < -0.39 is 0 Å². The summed E-state index contributed by atoms with van der Waals surface area (Å²) in [6.45, 7) is 12.5. The molecule has 166 valence electrons. The zero-order valence-electron chi connectivity index (χ0n) is 19.9. The van der Waals surface area contributed by atoms with Crippen LogP contribution in [0.3, 0.4) is 0 Å². The van der Waals surface area contributed by atoms with Gasteiger partial charge in [0.25, 0.3) is 5.91 Å². The Balaban J connectivity index is 2.05. The summed E-state index contributed by atoms with van der Waals surface area (Å²) in [5.74, 6) is 7.75. The zero-order valence-corrected chi connectivity index (χ0v) is 19.9. The molecule has 1 fully saturated rings. The summed E-state index contributed by atoms with van der Waals surface area (Å²) in [6, 6.07) is 14.1. The standard InChI is InChI=1S/C26H36N4O/c1-17-8-10-18(11-9-17)19-14-20(23(31)29-26(5,6)21-12-13-21)16-22(15-19)30(27)24(28-7)25(2,3)4/h8-11,14-16,21H,12-13,27H2,1-7H3,(H,29,31). The van der Waals surface area contributed by atoms with Crippen LogP contribution in [0, 0.1) is 18.3 Å². The van der Waals surface area contributed by atoms with Crippen molar-refractivity contribution in [3.8, 4) is 11.1 Å². The lowest BCUT2D eigenvalue weighted by Crippen LogP contribution is -2.46. The van der Waals surface area contributed by atoms with Crippen LogP contribution < -0.4 is 16.2 Å².